The van der Waals surface area contributed by atoms with Gasteiger partial charge < -0.3 is 9.64 Å². The number of rotatable bonds is 3. The van der Waals surface area contributed by atoms with Crippen LogP contribution in [0.15, 0.2) is 47.4 Å². The van der Waals surface area contributed by atoms with Crippen LogP contribution in [-0.2, 0) is 0 Å². The Morgan fingerprint density at radius 2 is 1.75 bits per heavy atom. The highest BCUT2D eigenvalue weighted by atomic mass is 16.5. The predicted octanol–water partition coefficient (Wildman–Crippen LogP) is 2.72. The number of aromatic nitrogens is 1. The van der Waals surface area contributed by atoms with Gasteiger partial charge in [0.1, 0.15) is 5.75 Å². The van der Waals surface area contributed by atoms with E-state index in [1.807, 2.05) is 4.90 Å². The zero-order valence-corrected chi connectivity index (χ0v) is 14.1. The van der Waals surface area contributed by atoms with Crippen LogP contribution in [-0.4, -0.2) is 35.6 Å². The van der Waals surface area contributed by atoms with Crippen molar-refractivity contribution in [3.63, 3.8) is 0 Å². The number of nitrogens with zero attached hydrogens (tertiary/aromatic N) is 2. The summed E-state index contributed by atoms with van der Waals surface area (Å²) >= 11 is 0. The van der Waals surface area contributed by atoms with Gasteiger partial charge in [0.05, 0.1) is 12.7 Å². The Hall–Kier alpha value is -2.56. The second-order valence-electron chi connectivity index (χ2n) is 6.30. The number of methoxy groups -OCH3 is 1. The first-order valence-corrected chi connectivity index (χ1v) is 8.25. The maximum atomic E-state index is 12.7. The molecule has 1 aromatic heterocycles. The van der Waals surface area contributed by atoms with E-state index in [0.717, 1.165) is 31.7 Å². The van der Waals surface area contributed by atoms with E-state index in [1.165, 1.54) is 10.6 Å². The standard InChI is InChI=1S/C19H22N2O3/c1-14-9-11-20(12-10-14)19(23)15-3-8-18(22)21(13-15)16-4-6-17(24-2)7-5-16/h3-8,13-14H,9-12H2,1-2H3. The fourth-order valence-corrected chi connectivity index (χ4v) is 2.95. The van der Waals surface area contributed by atoms with Gasteiger partial charge >= 0.3 is 0 Å². The van der Waals surface area contributed by atoms with E-state index in [9.17, 15) is 9.59 Å². The minimum atomic E-state index is -0.163. The van der Waals surface area contributed by atoms with Gasteiger partial charge in [-0.25, -0.2) is 0 Å². The first-order chi connectivity index (χ1) is 11.6. The minimum absolute atomic E-state index is 0.0100. The largest absolute Gasteiger partial charge is 0.497 e. The summed E-state index contributed by atoms with van der Waals surface area (Å²) in [5, 5.41) is 0. The molecule has 0 unspecified atom stereocenters. The van der Waals surface area contributed by atoms with Gasteiger partial charge in [-0.15, -0.1) is 0 Å². The summed E-state index contributed by atoms with van der Waals surface area (Å²) in [4.78, 5) is 26.7. The summed E-state index contributed by atoms with van der Waals surface area (Å²) in [6.45, 7) is 3.77. The monoisotopic (exact) mass is 326 g/mol. The molecular formula is C19H22N2O3. The Labute approximate surface area is 141 Å². The third-order valence-corrected chi connectivity index (χ3v) is 4.58. The topological polar surface area (TPSA) is 51.5 Å². The number of carbonyl (C=O) groups excluding carboxylic acids is 1. The zero-order chi connectivity index (χ0) is 17.1. The van der Waals surface area contributed by atoms with Crippen LogP contribution in [0.2, 0.25) is 0 Å². The molecule has 5 nitrogen and oxygen atoms in total. The normalized spacial score (nSPS) is 15.3. The molecule has 24 heavy (non-hydrogen) atoms. The molecule has 1 saturated heterocycles. The van der Waals surface area contributed by atoms with Crippen molar-refractivity contribution in [1.82, 2.24) is 9.47 Å². The molecule has 2 heterocycles. The van der Waals surface area contributed by atoms with Gasteiger partial charge in [0.25, 0.3) is 11.5 Å². The average Bonchev–Trinajstić information content (AvgIpc) is 2.62. The van der Waals surface area contributed by atoms with Crippen LogP contribution in [0.4, 0.5) is 0 Å². The molecule has 1 aliphatic rings. The summed E-state index contributed by atoms with van der Waals surface area (Å²) in [5.74, 6) is 1.38. The lowest BCUT2D eigenvalue weighted by atomic mass is 9.99. The van der Waals surface area contributed by atoms with Gasteiger partial charge in [-0.05, 0) is 49.1 Å². The van der Waals surface area contributed by atoms with Crippen molar-refractivity contribution in [2.24, 2.45) is 5.92 Å². The lowest BCUT2D eigenvalue weighted by Crippen LogP contribution is -2.38. The summed E-state index contributed by atoms with van der Waals surface area (Å²) in [6.07, 6.45) is 3.69. The highest BCUT2D eigenvalue weighted by Crippen LogP contribution is 2.19. The average molecular weight is 326 g/mol. The van der Waals surface area contributed by atoms with Gasteiger partial charge in [-0.2, -0.15) is 0 Å². The number of carbonyl (C=O) groups is 1. The SMILES string of the molecule is COc1ccc(-n2cc(C(=O)N3CCC(C)CC3)ccc2=O)cc1. The first-order valence-electron chi connectivity index (χ1n) is 8.25. The van der Waals surface area contributed by atoms with Gasteiger partial charge in [-0.1, -0.05) is 6.92 Å². The Balaban J connectivity index is 1.88. The molecule has 0 N–H and O–H groups in total. The van der Waals surface area contributed by atoms with Gasteiger partial charge in [0.2, 0.25) is 0 Å². The second kappa shape index (κ2) is 6.91. The Kier molecular flexibility index (Phi) is 4.69. The summed E-state index contributed by atoms with van der Waals surface area (Å²) < 4.78 is 6.64. The summed E-state index contributed by atoms with van der Waals surface area (Å²) in [5.41, 5.74) is 1.09. The number of hydrogen-bond donors (Lipinski definition) is 0. The molecule has 0 bridgehead atoms. The van der Waals surface area contributed by atoms with Crippen molar-refractivity contribution in [2.45, 2.75) is 19.8 Å². The second-order valence-corrected chi connectivity index (χ2v) is 6.30. The van der Waals surface area contributed by atoms with E-state index in [2.05, 4.69) is 6.92 Å². The summed E-state index contributed by atoms with van der Waals surface area (Å²) in [6, 6.07) is 10.3. The number of pyridine rings is 1. The lowest BCUT2D eigenvalue weighted by Gasteiger charge is -2.30. The van der Waals surface area contributed by atoms with Gasteiger partial charge in [0.15, 0.2) is 0 Å². The fourth-order valence-electron chi connectivity index (χ4n) is 2.95. The molecule has 0 aliphatic carbocycles. The van der Waals surface area contributed by atoms with Crippen molar-refractivity contribution in [1.29, 1.82) is 0 Å². The van der Waals surface area contributed by atoms with Crippen molar-refractivity contribution < 1.29 is 9.53 Å². The molecule has 3 rings (SSSR count). The molecule has 0 saturated carbocycles. The highest BCUT2D eigenvalue weighted by molar-refractivity contribution is 5.94. The molecule has 5 heteroatoms. The Morgan fingerprint density at radius 3 is 2.38 bits per heavy atom. The molecule has 1 aromatic carbocycles. The van der Waals surface area contributed by atoms with Crippen LogP contribution in [0.25, 0.3) is 5.69 Å². The molecule has 2 aromatic rings. The lowest BCUT2D eigenvalue weighted by molar-refractivity contribution is 0.0696. The molecule has 0 spiro atoms. The number of likely N-dealkylation sites (tertiary alicyclic amines) is 1. The van der Waals surface area contributed by atoms with Gasteiger partial charge in [-0.3, -0.25) is 14.2 Å². The molecule has 0 atom stereocenters. The minimum Gasteiger partial charge on any atom is -0.497 e. The van der Waals surface area contributed by atoms with Crippen molar-refractivity contribution in [2.75, 3.05) is 20.2 Å². The zero-order valence-electron chi connectivity index (χ0n) is 14.1. The third-order valence-electron chi connectivity index (χ3n) is 4.58. The van der Waals surface area contributed by atoms with E-state index < -0.39 is 0 Å². The molecule has 1 fully saturated rings. The van der Waals surface area contributed by atoms with Crippen LogP contribution < -0.4 is 10.3 Å². The van der Waals surface area contributed by atoms with Gasteiger partial charge in [0, 0.05) is 31.0 Å². The number of ether oxygens (including phenoxy) is 1. The Bertz CT molecular complexity index is 772. The van der Waals surface area contributed by atoms with Crippen LogP contribution >= 0.6 is 0 Å². The molecule has 126 valence electrons. The van der Waals surface area contributed by atoms with E-state index >= 15 is 0 Å². The Morgan fingerprint density at radius 1 is 1.08 bits per heavy atom. The van der Waals surface area contributed by atoms with E-state index in [4.69, 9.17) is 4.74 Å². The molecule has 1 amide bonds. The predicted molar refractivity (Wildman–Crippen MR) is 92.9 cm³/mol. The first kappa shape index (κ1) is 16.3. The number of hydrogen-bond acceptors (Lipinski definition) is 3. The number of piperidine rings is 1. The molecule has 0 radical (unpaired) electrons. The quantitative estimate of drug-likeness (QED) is 0.871. The van der Waals surface area contributed by atoms with E-state index in [1.54, 1.807) is 43.6 Å². The van der Waals surface area contributed by atoms with Crippen molar-refractivity contribution >= 4 is 5.91 Å². The fraction of sp³-hybridized carbons (Fsp3) is 0.368. The van der Waals surface area contributed by atoms with Crippen molar-refractivity contribution in [3.05, 3.63) is 58.5 Å². The van der Waals surface area contributed by atoms with Crippen LogP contribution in [0.3, 0.4) is 0 Å². The van der Waals surface area contributed by atoms with Crippen LogP contribution in [0.5, 0.6) is 5.75 Å². The molecule has 1 aliphatic heterocycles. The van der Waals surface area contributed by atoms with E-state index in [-0.39, 0.29) is 11.5 Å². The third kappa shape index (κ3) is 3.35. The smallest absolute Gasteiger partial charge is 0.255 e. The molecular weight excluding hydrogens is 304 g/mol. The number of amides is 1. The van der Waals surface area contributed by atoms with E-state index in [0.29, 0.717) is 17.2 Å². The number of benzene rings is 1. The highest BCUT2D eigenvalue weighted by Gasteiger charge is 2.22. The maximum absolute atomic E-state index is 12.7. The maximum Gasteiger partial charge on any atom is 0.255 e. The van der Waals surface area contributed by atoms with Crippen LogP contribution in [0, 0.1) is 5.92 Å². The van der Waals surface area contributed by atoms with Crippen LogP contribution in [0.1, 0.15) is 30.1 Å². The summed E-state index contributed by atoms with van der Waals surface area (Å²) in [7, 11) is 1.60. The van der Waals surface area contributed by atoms with Crippen molar-refractivity contribution in [3.8, 4) is 11.4 Å².